The van der Waals surface area contributed by atoms with Gasteiger partial charge in [0.25, 0.3) is 5.69 Å². The quantitative estimate of drug-likeness (QED) is 0.614. The fourth-order valence-corrected chi connectivity index (χ4v) is 3.73. The number of nitro groups is 1. The van der Waals surface area contributed by atoms with E-state index in [4.69, 9.17) is 4.42 Å². The van der Waals surface area contributed by atoms with E-state index in [1.165, 1.54) is 26.2 Å². The van der Waals surface area contributed by atoms with Crippen LogP contribution in [-0.4, -0.2) is 16.5 Å². The largest absolute Gasteiger partial charge is 0.468 e. The predicted molar refractivity (Wildman–Crippen MR) is 103 cm³/mol. The van der Waals surface area contributed by atoms with E-state index in [1.807, 2.05) is 0 Å². The van der Waals surface area contributed by atoms with Crippen molar-refractivity contribution in [3.8, 4) is 11.1 Å². The van der Waals surface area contributed by atoms with Crippen molar-refractivity contribution < 1.29 is 18.9 Å². The van der Waals surface area contributed by atoms with Gasteiger partial charge in [-0.3, -0.25) is 19.7 Å². The molecule has 0 fully saturated rings. The summed E-state index contributed by atoms with van der Waals surface area (Å²) in [7, 11) is 0. The molecule has 1 aliphatic heterocycles. The Bertz CT molecular complexity index is 1020. The van der Waals surface area contributed by atoms with Gasteiger partial charge in [-0.05, 0) is 39.8 Å². The van der Waals surface area contributed by atoms with Crippen molar-refractivity contribution in [2.24, 2.45) is 0 Å². The van der Waals surface area contributed by atoms with Crippen LogP contribution < -0.4 is 5.32 Å². The zero-order valence-corrected chi connectivity index (χ0v) is 16.0. The summed E-state index contributed by atoms with van der Waals surface area (Å²) >= 11 is 0. The fraction of sp³-hybridized carbons (Fsp3) is 0.238. The Hall–Kier alpha value is -3.48. The molecule has 0 saturated carbocycles. The number of furan rings is 1. The number of benzene rings is 1. The van der Waals surface area contributed by atoms with Crippen molar-refractivity contribution in [3.63, 3.8) is 0 Å². The lowest BCUT2D eigenvalue weighted by Crippen LogP contribution is -2.29. The molecule has 7 nitrogen and oxygen atoms in total. The molecule has 0 aliphatic carbocycles. The number of Topliss-reactive ketones (excluding diaryl/α,β-unsaturated/α-hetero) is 2. The lowest BCUT2D eigenvalue weighted by molar-refractivity contribution is -0.384. The first-order valence-corrected chi connectivity index (χ1v) is 8.75. The van der Waals surface area contributed by atoms with Crippen LogP contribution in [0.5, 0.6) is 0 Å². The minimum Gasteiger partial charge on any atom is -0.468 e. The summed E-state index contributed by atoms with van der Waals surface area (Å²) in [6, 6.07) is 8.01. The maximum atomic E-state index is 12.3. The topological polar surface area (TPSA) is 102 Å². The van der Waals surface area contributed by atoms with Gasteiger partial charge in [-0.1, -0.05) is 12.1 Å². The standard InChI is InChI=1S/C21H20N2O5/c1-11-19(13(3)24)21(20(14(4)25)12(2)22-11)18-9-15(10-28-18)16-7-5-6-8-17(16)23(26)27/h5-10,21-22H,1-4H3. The Kier molecular flexibility index (Phi) is 5.00. The van der Waals surface area contributed by atoms with Gasteiger partial charge in [0.1, 0.15) is 5.76 Å². The van der Waals surface area contributed by atoms with Gasteiger partial charge in [-0.15, -0.1) is 0 Å². The van der Waals surface area contributed by atoms with Crippen molar-refractivity contribution in [1.29, 1.82) is 0 Å². The number of allylic oxidation sites excluding steroid dienone is 4. The Morgan fingerprint density at radius 3 is 2.18 bits per heavy atom. The second-order valence-corrected chi connectivity index (χ2v) is 6.76. The van der Waals surface area contributed by atoms with Crippen LogP contribution >= 0.6 is 0 Å². The summed E-state index contributed by atoms with van der Waals surface area (Å²) in [6.45, 7) is 6.43. The second kappa shape index (κ2) is 7.26. The van der Waals surface area contributed by atoms with E-state index < -0.39 is 10.8 Å². The smallest absolute Gasteiger partial charge is 0.277 e. The summed E-state index contributed by atoms with van der Waals surface area (Å²) in [6.07, 6.45) is 1.42. The summed E-state index contributed by atoms with van der Waals surface area (Å²) in [5.41, 5.74) is 3.08. The van der Waals surface area contributed by atoms with Gasteiger partial charge in [0, 0.05) is 34.2 Å². The highest BCUT2D eigenvalue weighted by Gasteiger charge is 2.35. The SMILES string of the molecule is CC(=O)C1=C(C)NC(C)=C(C(C)=O)C1c1cc(-c2ccccc2[N+](=O)[O-])co1. The number of nitrogens with zero attached hydrogens (tertiary/aromatic N) is 1. The van der Waals surface area contributed by atoms with E-state index >= 15 is 0 Å². The number of nitrogens with one attached hydrogen (secondary N) is 1. The van der Waals surface area contributed by atoms with E-state index in [2.05, 4.69) is 5.32 Å². The molecule has 1 aromatic carbocycles. The van der Waals surface area contributed by atoms with E-state index in [-0.39, 0.29) is 17.3 Å². The van der Waals surface area contributed by atoms with Crippen LogP contribution in [0.3, 0.4) is 0 Å². The number of para-hydroxylation sites is 1. The average Bonchev–Trinajstić information content (AvgIpc) is 3.09. The monoisotopic (exact) mass is 380 g/mol. The molecular weight excluding hydrogens is 360 g/mol. The first-order chi connectivity index (χ1) is 13.2. The Morgan fingerprint density at radius 1 is 1.07 bits per heavy atom. The number of nitro benzene ring substituents is 1. The lowest BCUT2D eigenvalue weighted by atomic mass is 9.80. The maximum Gasteiger partial charge on any atom is 0.277 e. The van der Waals surface area contributed by atoms with E-state index in [1.54, 1.807) is 38.1 Å². The number of hydrogen-bond acceptors (Lipinski definition) is 6. The summed E-state index contributed by atoms with van der Waals surface area (Å²) in [5.74, 6) is -0.619. The molecule has 0 radical (unpaired) electrons. The van der Waals surface area contributed by atoms with Crippen molar-refractivity contribution in [3.05, 3.63) is 75.0 Å². The zero-order chi connectivity index (χ0) is 20.6. The molecule has 3 rings (SSSR count). The molecule has 7 heteroatoms. The van der Waals surface area contributed by atoms with Gasteiger partial charge in [0.05, 0.1) is 22.7 Å². The Balaban J connectivity index is 2.17. The van der Waals surface area contributed by atoms with Gasteiger partial charge in [0.15, 0.2) is 11.6 Å². The molecule has 0 unspecified atom stereocenters. The molecule has 1 aromatic heterocycles. The van der Waals surface area contributed by atoms with Gasteiger partial charge in [-0.2, -0.15) is 0 Å². The molecule has 2 heterocycles. The molecular formula is C21H20N2O5. The van der Waals surface area contributed by atoms with Crippen LogP contribution in [0.2, 0.25) is 0 Å². The summed E-state index contributed by atoms with van der Waals surface area (Å²) < 4.78 is 5.73. The molecule has 1 N–H and O–H groups in total. The number of carbonyl (C=O) groups is 2. The number of hydrogen-bond donors (Lipinski definition) is 1. The van der Waals surface area contributed by atoms with Crippen LogP contribution in [0.4, 0.5) is 5.69 Å². The van der Waals surface area contributed by atoms with Gasteiger partial charge < -0.3 is 9.73 Å². The van der Waals surface area contributed by atoms with Crippen LogP contribution in [0.15, 0.2) is 63.6 Å². The van der Waals surface area contributed by atoms with E-state index in [0.29, 0.717) is 39.4 Å². The minimum absolute atomic E-state index is 0.0443. The number of ketones is 2. The number of dihydropyridines is 1. The highest BCUT2D eigenvalue weighted by Crippen LogP contribution is 2.41. The molecule has 0 amide bonds. The summed E-state index contributed by atoms with van der Waals surface area (Å²) in [4.78, 5) is 35.5. The Labute approximate surface area is 161 Å². The third-order valence-electron chi connectivity index (χ3n) is 4.83. The van der Waals surface area contributed by atoms with Crippen molar-refractivity contribution >= 4 is 17.3 Å². The van der Waals surface area contributed by atoms with E-state index in [0.717, 1.165) is 0 Å². The maximum absolute atomic E-state index is 12.3. The molecule has 2 aromatic rings. The highest BCUT2D eigenvalue weighted by molar-refractivity contribution is 6.03. The molecule has 0 atom stereocenters. The molecule has 0 spiro atoms. The zero-order valence-electron chi connectivity index (χ0n) is 16.0. The fourth-order valence-electron chi connectivity index (χ4n) is 3.73. The van der Waals surface area contributed by atoms with Crippen LogP contribution in [0.25, 0.3) is 11.1 Å². The average molecular weight is 380 g/mol. The normalized spacial score (nSPS) is 14.9. The predicted octanol–water partition coefficient (Wildman–Crippen LogP) is 4.27. The van der Waals surface area contributed by atoms with Crippen LogP contribution in [0.1, 0.15) is 39.4 Å². The van der Waals surface area contributed by atoms with Crippen LogP contribution in [0, 0.1) is 10.1 Å². The van der Waals surface area contributed by atoms with E-state index in [9.17, 15) is 19.7 Å². The Morgan fingerprint density at radius 2 is 1.64 bits per heavy atom. The molecule has 144 valence electrons. The number of rotatable bonds is 5. The molecule has 0 saturated heterocycles. The minimum atomic E-state index is -0.659. The first-order valence-electron chi connectivity index (χ1n) is 8.75. The van der Waals surface area contributed by atoms with Crippen molar-refractivity contribution in [2.45, 2.75) is 33.6 Å². The molecule has 1 aliphatic rings. The molecule has 0 bridgehead atoms. The van der Waals surface area contributed by atoms with Crippen LogP contribution in [-0.2, 0) is 9.59 Å². The van der Waals surface area contributed by atoms with Crippen molar-refractivity contribution in [2.75, 3.05) is 0 Å². The third-order valence-corrected chi connectivity index (χ3v) is 4.83. The first kappa shape index (κ1) is 19.3. The lowest BCUT2D eigenvalue weighted by Gasteiger charge is -2.28. The highest BCUT2D eigenvalue weighted by atomic mass is 16.6. The molecule has 28 heavy (non-hydrogen) atoms. The summed E-state index contributed by atoms with van der Waals surface area (Å²) in [5, 5.41) is 14.4. The third kappa shape index (κ3) is 3.26. The van der Waals surface area contributed by atoms with Gasteiger partial charge in [0.2, 0.25) is 0 Å². The van der Waals surface area contributed by atoms with Gasteiger partial charge in [-0.25, -0.2) is 0 Å². The number of carbonyl (C=O) groups excluding carboxylic acids is 2. The second-order valence-electron chi connectivity index (χ2n) is 6.76. The van der Waals surface area contributed by atoms with Crippen molar-refractivity contribution in [1.82, 2.24) is 5.32 Å². The van der Waals surface area contributed by atoms with Gasteiger partial charge >= 0.3 is 0 Å².